The fourth-order valence-corrected chi connectivity index (χ4v) is 3.76. The molecule has 1 aliphatic carbocycles. The third kappa shape index (κ3) is 2.64. The molecule has 25 heavy (non-hydrogen) atoms. The smallest absolute Gasteiger partial charge is 0.167 e. The van der Waals surface area contributed by atoms with Crippen LogP contribution in [0, 0.1) is 6.92 Å². The Balaban J connectivity index is 1.81. The Labute approximate surface area is 147 Å². The van der Waals surface area contributed by atoms with Gasteiger partial charge in [-0.2, -0.15) is 5.10 Å². The van der Waals surface area contributed by atoms with Crippen LogP contribution in [0.2, 0.25) is 0 Å². The van der Waals surface area contributed by atoms with E-state index in [2.05, 4.69) is 11.2 Å². The molecule has 4 rings (SSSR count). The van der Waals surface area contributed by atoms with Crippen LogP contribution in [-0.2, 0) is 6.42 Å². The predicted octanol–water partition coefficient (Wildman–Crippen LogP) is 4.10. The number of carbonyl (C=O) groups is 1. The van der Waals surface area contributed by atoms with Crippen molar-refractivity contribution in [3.05, 3.63) is 77.1 Å². The van der Waals surface area contributed by atoms with E-state index in [0.29, 0.717) is 6.42 Å². The van der Waals surface area contributed by atoms with Crippen LogP contribution in [0.3, 0.4) is 0 Å². The lowest BCUT2D eigenvalue weighted by Crippen LogP contribution is -2.21. The summed E-state index contributed by atoms with van der Waals surface area (Å²) < 4.78 is 7.43. The first kappa shape index (κ1) is 15.6. The number of aromatic nitrogens is 2. The molecule has 0 unspecified atom stereocenters. The summed E-state index contributed by atoms with van der Waals surface area (Å²) in [5.41, 5.74) is 4.66. The lowest BCUT2D eigenvalue weighted by atomic mass is 9.81. The van der Waals surface area contributed by atoms with Crippen LogP contribution in [0.5, 0.6) is 5.75 Å². The van der Waals surface area contributed by atoms with E-state index in [9.17, 15) is 4.79 Å². The van der Waals surface area contributed by atoms with Crippen molar-refractivity contribution in [1.82, 2.24) is 9.78 Å². The molecule has 1 atom stereocenters. The van der Waals surface area contributed by atoms with E-state index < -0.39 is 0 Å². The van der Waals surface area contributed by atoms with Crippen molar-refractivity contribution in [3.63, 3.8) is 0 Å². The maximum atomic E-state index is 12.8. The van der Waals surface area contributed by atoms with Crippen molar-refractivity contribution in [2.24, 2.45) is 0 Å². The molecule has 0 radical (unpaired) electrons. The number of nitrogens with zero attached hydrogens (tertiary/aromatic N) is 2. The minimum Gasteiger partial charge on any atom is -0.496 e. The van der Waals surface area contributed by atoms with Crippen LogP contribution >= 0.6 is 0 Å². The van der Waals surface area contributed by atoms with Gasteiger partial charge in [0, 0.05) is 12.3 Å². The number of para-hydroxylation sites is 2. The molecule has 0 amide bonds. The van der Waals surface area contributed by atoms with Crippen molar-refractivity contribution < 1.29 is 9.53 Å². The van der Waals surface area contributed by atoms with E-state index >= 15 is 0 Å². The summed E-state index contributed by atoms with van der Waals surface area (Å²) in [5.74, 6) is 1.11. The van der Waals surface area contributed by atoms with E-state index in [-0.39, 0.29) is 11.7 Å². The highest BCUT2D eigenvalue weighted by atomic mass is 16.5. The minimum atomic E-state index is 0.106. The number of benzene rings is 2. The average Bonchev–Trinajstić information content (AvgIpc) is 2.99. The number of hydrogen-bond donors (Lipinski definition) is 0. The molecule has 0 aliphatic heterocycles. The second kappa shape index (κ2) is 6.20. The Bertz CT molecular complexity index is 928. The van der Waals surface area contributed by atoms with Gasteiger partial charge in [0.15, 0.2) is 5.78 Å². The fraction of sp³-hybridized carbons (Fsp3) is 0.238. The Morgan fingerprint density at radius 2 is 1.76 bits per heavy atom. The summed E-state index contributed by atoms with van der Waals surface area (Å²) in [7, 11) is 1.67. The van der Waals surface area contributed by atoms with Gasteiger partial charge in [-0.15, -0.1) is 0 Å². The van der Waals surface area contributed by atoms with Gasteiger partial charge in [0.2, 0.25) is 0 Å². The molecule has 126 valence electrons. The third-order valence-corrected chi connectivity index (χ3v) is 4.89. The van der Waals surface area contributed by atoms with Gasteiger partial charge < -0.3 is 4.74 Å². The molecule has 0 saturated heterocycles. The molecular formula is C21H20N2O2. The molecule has 0 spiro atoms. The summed E-state index contributed by atoms with van der Waals surface area (Å²) in [6.07, 6.45) is 1.27. The quantitative estimate of drug-likeness (QED) is 0.725. The second-order valence-corrected chi connectivity index (χ2v) is 6.42. The number of ether oxygens (including phenoxy) is 1. The number of methoxy groups -OCH3 is 1. The molecule has 0 N–H and O–H groups in total. The number of aryl methyl sites for hydroxylation is 1. The fourth-order valence-electron chi connectivity index (χ4n) is 3.76. The van der Waals surface area contributed by atoms with Gasteiger partial charge in [0.05, 0.1) is 29.7 Å². The molecular weight excluding hydrogens is 312 g/mol. The van der Waals surface area contributed by atoms with E-state index in [1.54, 1.807) is 7.11 Å². The Hall–Kier alpha value is -2.88. The summed E-state index contributed by atoms with van der Waals surface area (Å²) in [6.45, 7) is 1.92. The van der Waals surface area contributed by atoms with E-state index in [1.807, 2.05) is 60.1 Å². The van der Waals surface area contributed by atoms with Crippen molar-refractivity contribution in [2.75, 3.05) is 7.11 Å². The van der Waals surface area contributed by atoms with Crippen molar-refractivity contribution >= 4 is 5.78 Å². The zero-order valence-corrected chi connectivity index (χ0v) is 14.4. The number of fused-ring (bicyclic) bond motifs is 1. The number of carbonyl (C=O) groups excluding carboxylic acids is 1. The Kier molecular flexibility index (Phi) is 3.88. The molecule has 1 aliphatic rings. The molecule has 0 saturated carbocycles. The highest BCUT2D eigenvalue weighted by Gasteiger charge is 2.33. The summed E-state index contributed by atoms with van der Waals surface area (Å²) in [5, 5.41) is 4.65. The van der Waals surface area contributed by atoms with Gasteiger partial charge in [0.1, 0.15) is 5.75 Å². The SMILES string of the molecule is COc1ccccc1[C@H]1CC(=O)c2c(C)nn(-c3ccccc3)c2C1. The number of Topliss-reactive ketones (excluding diaryl/α,β-unsaturated/α-hetero) is 1. The summed E-state index contributed by atoms with van der Waals surface area (Å²) in [4.78, 5) is 12.8. The minimum absolute atomic E-state index is 0.106. The van der Waals surface area contributed by atoms with Crippen molar-refractivity contribution in [3.8, 4) is 11.4 Å². The number of hydrogen-bond acceptors (Lipinski definition) is 3. The van der Waals surface area contributed by atoms with Gasteiger partial charge in [-0.1, -0.05) is 36.4 Å². The molecule has 0 fully saturated rings. The van der Waals surface area contributed by atoms with Crippen LogP contribution in [0.15, 0.2) is 54.6 Å². The molecule has 4 nitrogen and oxygen atoms in total. The maximum Gasteiger partial charge on any atom is 0.167 e. The zero-order chi connectivity index (χ0) is 17.4. The van der Waals surface area contributed by atoms with Crippen LogP contribution < -0.4 is 4.74 Å². The van der Waals surface area contributed by atoms with Gasteiger partial charge in [-0.3, -0.25) is 4.79 Å². The highest BCUT2D eigenvalue weighted by Crippen LogP contribution is 2.38. The summed E-state index contributed by atoms with van der Waals surface area (Å²) in [6, 6.07) is 18.0. The van der Waals surface area contributed by atoms with Crippen LogP contribution in [0.4, 0.5) is 0 Å². The van der Waals surface area contributed by atoms with Crippen molar-refractivity contribution in [1.29, 1.82) is 0 Å². The van der Waals surface area contributed by atoms with E-state index in [4.69, 9.17) is 4.74 Å². The summed E-state index contributed by atoms with van der Waals surface area (Å²) >= 11 is 0. The van der Waals surface area contributed by atoms with Crippen molar-refractivity contribution in [2.45, 2.75) is 25.7 Å². The van der Waals surface area contributed by atoms with Crippen LogP contribution in [0.1, 0.15) is 39.6 Å². The molecule has 3 aromatic rings. The van der Waals surface area contributed by atoms with Crippen LogP contribution in [0.25, 0.3) is 5.69 Å². The largest absolute Gasteiger partial charge is 0.496 e. The first-order valence-corrected chi connectivity index (χ1v) is 8.49. The predicted molar refractivity (Wildman–Crippen MR) is 96.7 cm³/mol. The maximum absolute atomic E-state index is 12.8. The van der Waals surface area contributed by atoms with Gasteiger partial charge >= 0.3 is 0 Å². The van der Waals surface area contributed by atoms with E-state index in [0.717, 1.165) is 40.4 Å². The zero-order valence-electron chi connectivity index (χ0n) is 14.4. The average molecular weight is 332 g/mol. The van der Waals surface area contributed by atoms with E-state index in [1.165, 1.54) is 0 Å². The van der Waals surface area contributed by atoms with Gasteiger partial charge in [-0.05, 0) is 37.1 Å². The first-order valence-electron chi connectivity index (χ1n) is 8.49. The molecule has 4 heteroatoms. The number of ketones is 1. The van der Waals surface area contributed by atoms with Crippen LogP contribution in [-0.4, -0.2) is 22.7 Å². The molecule has 1 heterocycles. The Morgan fingerprint density at radius 3 is 2.52 bits per heavy atom. The monoisotopic (exact) mass is 332 g/mol. The molecule has 0 bridgehead atoms. The highest BCUT2D eigenvalue weighted by molar-refractivity contribution is 6.00. The Morgan fingerprint density at radius 1 is 1.04 bits per heavy atom. The second-order valence-electron chi connectivity index (χ2n) is 6.42. The third-order valence-electron chi connectivity index (χ3n) is 4.89. The lowest BCUT2D eigenvalue weighted by Gasteiger charge is -2.24. The molecule has 2 aromatic carbocycles. The van der Waals surface area contributed by atoms with Gasteiger partial charge in [0.25, 0.3) is 0 Å². The lowest BCUT2D eigenvalue weighted by molar-refractivity contribution is 0.0963. The normalized spacial score (nSPS) is 16.6. The number of rotatable bonds is 3. The standard InChI is InChI=1S/C21H20N2O2/c1-14-21-18(23(22-14)16-8-4-3-5-9-16)12-15(13-19(21)24)17-10-6-7-11-20(17)25-2/h3-11,15H,12-13H2,1-2H3/t15-/m1/s1. The first-order chi connectivity index (χ1) is 12.2. The molecule has 1 aromatic heterocycles. The van der Waals surface area contributed by atoms with Gasteiger partial charge in [-0.25, -0.2) is 4.68 Å². The topological polar surface area (TPSA) is 44.1 Å².